The highest BCUT2D eigenvalue weighted by Gasteiger charge is 2.40. The van der Waals surface area contributed by atoms with Gasteiger partial charge in [-0.2, -0.15) is 15.3 Å². The van der Waals surface area contributed by atoms with Crippen molar-refractivity contribution >= 4 is 39.0 Å². The quantitative estimate of drug-likeness (QED) is 0.637. The first-order valence-electron chi connectivity index (χ1n) is 8.63. The van der Waals surface area contributed by atoms with Crippen molar-refractivity contribution < 1.29 is 9.53 Å². The Kier molecular flexibility index (Phi) is 4.60. The molecule has 0 unspecified atom stereocenters. The second-order valence-electron chi connectivity index (χ2n) is 6.49. The van der Waals surface area contributed by atoms with Crippen molar-refractivity contribution in [2.24, 2.45) is 5.73 Å². The van der Waals surface area contributed by atoms with Crippen LogP contribution in [-0.4, -0.2) is 39.3 Å². The van der Waals surface area contributed by atoms with Crippen LogP contribution in [0.1, 0.15) is 24.1 Å². The minimum atomic E-state index is -0.803. The average Bonchev–Trinajstić information content (AvgIpc) is 3.09. The fourth-order valence-electron chi connectivity index (χ4n) is 3.55. The summed E-state index contributed by atoms with van der Waals surface area (Å²) in [6.07, 6.45) is 0.240. The van der Waals surface area contributed by atoms with Crippen molar-refractivity contribution in [2.75, 3.05) is 18.0 Å². The van der Waals surface area contributed by atoms with Crippen LogP contribution in [0, 0.1) is 11.3 Å². The molecule has 0 spiro atoms. The number of hydrogen-bond donors (Lipinski definition) is 2. The number of nitriles is 1. The fourth-order valence-corrected chi connectivity index (χ4v) is 4.01. The van der Waals surface area contributed by atoms with Gasteiger partial charge in [0.1, 0.15) is 16.3 Å². The van der Waals surface area contributed by atoms with Crippen molar-refractivity contribution in [3.63, 3.8) is 0 Å². The second kappa shape index (κ2) is 7.09. The molecular formula is C18H16BrN7O2. The van der Waals surface area contributed by atoms with Gasteiger partial charge in [-0.3, -0.25) is 5.10 Å². The Morgan fingerprint density at radius 2 is 2.00 bits per heavy atom. The first-order chi connectivity index (χ1) is 13.5. The Balaban J connectivity index is 1.63. The van der Waals surface area contributed by atoms with Crippen molar-refractivity contribution in [2.45, 2.75) is 18.4 Å². The molecule has 9 nitrogen and oxygen atoms in total. The van der Waals surface area contributed by atoms with Gasteiger partial charge in [-0.25, -0.2) is 9.78 Å². The lowest BCUT2D eigenvalue weighted by Gasteiger charge is -2.41. The molecule has 3 heterocycles. The van der Waals surface area contributed by atoms with Gasteiger partial charge < -0.3 is 15.4 Å². The van der Waals surface area contributed by atoms with Gasteiger partial charge in [0.05, 0.1) is 5.39 Å². The second-order valence-corrected chi connectivity index (χ2v) is 7.28. The number of anilines is 1. The number of hydrogen-bond acceptors (Lipinski definition) is 7. The third-order valence-corrected chi connectivity index (χ3v) is 5.49. The molecule has 0 saturated carbocycles. The summed E-state index contributed by atoms with van der Waals surface area (Å²) in [7, 11) is 0. The van der Waals surface area contributed by atoms with E-state index in [1.165, 1.54) is 0 Å². The van der Waals surface area contributed by atoms with Gasteiger partial charge in [0.2, 0.25) is 5.95 Å². The van der Waals surface area contributed by atoms with Crippen LogP contribution in [0.4, 0.5) is 10.7 Å². The van der Waals surface area contributed by atoms with E-state index in [1.54, 1.807) is 0 Å². The first-order valence-corrected chi connectivity index (χ1v) is 9.42. The Morgan fingerprint density at radius 3 is 2.64 bits per heavy atom. The molecule has 2 aromatic heterocycles. The predicted octanol–water partition coefficient (Wildman–Crippen LogP) is 2.58. The number of nitrogens with two attached hydrogens (primary N) is 1. The maximum Gasteiger partial charge on any atom is 0.405 e. The number of carbonyl (C=O) groups is 1. The van der Waals surface area contributed by atoms with E-state index in [-0.39, 0.29) is 5.69 Å². The number of carbonyl (C=O) groups excluding carboxylic acids is 1. The molecule has 1 saturated heterocycles. The maximum absolute atomic E-state index is 11.5. The number of nitrogens with zero attached hydrogens (tertiary/aromatic N) is 5. The summed E-state index contributed by atoms with van der Waals surface area (Å²) in [6.45, 7) is 1.06. The number of rotatable bonds is 3. The Labute approximate surface area is 168 Å². The van der Waals surface area contributed by atoms with E-state index >= 15 is 0 Å². The molecule has 3 N–H and O–H groups in total. The normalized spacial score (nSPS) is 15.9. The van der Waals surface area contributed by atoms with Crippen molar-refractivity contribution in [1.29, 1.82) is 5.26 Å². The zero-order valence-corrected chi connectivity index (χ0v) is 16.3. The number of piperidine rings is 1. The van der Waals surface area contributed by atoms with E-state index in [1.807, 2.05) is 35.2 Å². The zero-order chi connectivity index (χ0) is 19.7. The number of H-pyrrole nitrogens is 1. The number of ether oxygens (including phenoxy) is 1. The van der Waals surface area contributed by atoms with Crippen molar-refractivity contribution in [3.8, 4) is 6.07 Å². The molecule has 3 aromatic rings. The highest BCUT2D eigenvalue weighted by Crippen LogP contribution is 2.38. The molecule has 4 rings (SSSR count). The van der Waals surface area contributed by atoms with E-state index in [0.29, 0.717) is 47.5 Å². The van der Waals surface area contributed by atoms with E-state index in [2.05, 4.69) is 42.2 Å². The Bertz CT molecular complexity index is 1070. The predicted molar refractivity (Wildman–Crippen MR) is 104 cm³/mol. The minimum absolute atomic E-state index is 0.244. The number of aromatic nitrogens is 4. The molecule has 1 aromatic carbocycles. The van der Waals surface area contributed by atoms with E-state index in [4.69, 9.17) is 10.5 Å². The molecule has 0 radical (unpaired) electrons. The smallest absolute Gasteiger partial charge is 0.405 e. The van der Waals surface area contributed by atoms with Gasteiger partial charge in [0.25, 0.3) is 0 Å². The SMILES string of the molecule is N#Cc1nc(N2CCC(OC(N)=O)(c3ccccc3)CC2)nc2n[nH]c(Br)c12. The Morgan fingerprint density at radius 1 is 1.29 bits per heavy atom. The van der Waals surface area contributed by atoms with Crippen molar-refractivity contribution in [1.82, 2.24) is 20.2 Å². The summed E-state index contributed by atoms with van der Waals surface area (Å²) in [4.78, 5) is 22.3. The monoisotopic (exact) mass is 441 g/mol. The first kappa shape index (κ1) is 18.2. The number of aromatic amines is 1. The van der Waals surface area contributed by atoms with Gasteiger partial charge in [0, 0.05) is 25.9 Å². The molecule has 0 aliphatic carbocycles. The highest BCUT2D eigenvalue weighted by molar-refractivity contribution is 9.10. The van der Waals surface area contributed by atoms with Crippen LogP contribution < -0.4 is 10.6 Å². The number of primary amides is 1. The van der Waals surface area contributed by atoms with Gasteiger partial charge in [-0.1, -0.05) is 30.3 Å². The number of halogens is 1. The zero-order valence-electron chi connectivity index (χ0n) is 14.7. The molecule has 1 aliphatic rings. The molecule has 1 fully saturated rings. The van der Waals surface area contributed by atoms with Crippen LogP contribution in [-0.2, 0) is 10.3 Å². The van der Waals surface area contributed by atoms with Gasteiger partial charge in [-0.05, 0) is 21.5 Å². The summed E-state index contributed by atoms with van der Waals surface area (Å²) in [6, 6.07) is 11.7. The molecule has 10 heteroatoms. The molecule has 142 valence electrons. The standard InChI is InChI=1S/C18H16BrN7O2/c19-14-13-12(10-20)22-17(23-15(13)25-24-14)26-8-6-18(7-9-26,28-16(21)27)11-4-2-1-3-5-11/h1-5H,6-9H2,(H2,21,27)(H,22,23,24,25). The lowest BCUT2D eigenvalue weighted by Crippen LogP contribution is -2.46. The number of fused-ring (bicyclic) bond motifs is 1. The molecule has 0 bridgehead atoms. The van der Waals surface area contributed by atoms with Crippen LogP contribution in [0.25, 0.3) is 11.0 Å². The van der Waals surface area contributed by atoms with Gasteiger partial charge >= 0.3 is 6.09 Å². The van der Waals surface area contributed by atoms with Crippen molar-refractivity contribution in [3.05, 3.63) is 46.2 Å². The third-order valence-electron chi connectivity index (χ3n) is 4.91. The van der Waals surface area contributed by atoms with Crippen LogP contribution in [0.15, 0.2) is 34.9 Å². The summed E-state index contributed by atoms with van der Waals surface area (Å²) in [5.74, 6) is 0.420. The van der Waals surface area contributed by atoms with E-state index < -0.39 is 11.7 Å². The molecule has 1 aliphatic heterocycles. The Hall–Kier alpha value is -3.19. The molecule has 28 heavy (non-hydrogen) atoms. The van der Waals surface area contributed by atoms with Gasteiger partial charge in [-0.15, -0.1) is 0 Å². The number of amides is 1. The minimum Gasteiger partial charge on any atom is -0.438 e. The maximum atomic E-state index is 11.5. The van der Waals surface area contributed by atoms with Crippen LogP contribution in [0.3, 0.4) is 0 Å². The third kappa shape index (κ3) is 3.14. The lowest BCUT2D eigenvalue weighted by atomic mass is 9.84. The molecular weight excluding hydrogens is 426 g/mol. The largest absolute Gasteiger partial charge is 0.438 e. The average molecular weight is 442 g/mol. The fraction of sp³-hybridized carbons (Fsp3) is 0.278. The topological polar surface area (TPSA) is 134 Å². The van der Waals surface area contributed by atoms with Crippen LogP contribution in [0.5, 0.6) is 0 Å². The summed E-state index contributed by atoms with van der Waals surface area (Å²) < 4.78 is 6.13. The van der Waals surface area contributed by atoms with Crippen LogP contribution >= 0.6 is 15.9 Å². The van der Waals surface area contributed by atoms with Gasteiger partial charge in [0.15, 0.2) is 11.3 Å². The number of nitrogens with one attached hydrogen (secondary N) is 1. The molecule has 0 atom stereocenters. The lowest BCUT2D eigenvalue weighted by molar-refractivity contribution is -0.00679. The van der Waals surface area contributed by atoms with Crippen LogP contribution in [0.2, 0.25) is 0 Å². The highest BCUT2D eigenvalue weighted by atomic mass is 79.9. The van der Waals surface area contributed by atoms with E-state index in [0.717, 1.165) is 5.56 Å². The summed E-state index contributed by atoms with van der Waals surface area (Å²) in [5.41, 5.74) is 6.12. The number of benzene rings is 1. The summed E-state index contributed by atoms with van der Waals surface area (Å²) in [5, 5.41) is 16.9. The van der Waals surface area contributed by atoms with E-state index in [9.17, 15) is 10.1 Å². The molecule has 1 amide bonds. The summed E-state index contributed by atoms with van der Waals surface area (Å²) >= 11 is 3.32.